The lowest BCUT2D eigenvalue weighted by Gasteiger charge is -2.08. The molecule has 0 fully saturated rings. The highest BCUT2D eigenvalue weighted by Crippen LogP contribution is 2.31. The number of aromatic nitrogens is 2. The topological polar surface area (TPSA) is 73.4 Å². The van der Waals surface area contributed by atoms with Gasteiger partial charge in [0, 0.05) is 17.5 Å². The highest BCUT2D eigenvalue weighted by atomic mass is 32.1. The Morgan fingerprint density at radius 3 is 2.61 bits per heavy atom. The van der Waals surface area contributed by atoms with Gasteiger partial charge in [-0.25, -0.2) is 9.78 Å². The first-order valence-corrected chi connectivity index (χ1v) is 9.88. The summed E-state index contributed by atoms with van der Waals surface area (Å²) in [6.07, 6.45) is 0.689. The number of carbonyl (C=O) groups is 1. The summed E-state index contributed by atoms with van der Waals surface area (Å²) in [4.78, 5) is 20.3. The zero-order valence-electron chi connectivity index (χ0n) is 16.7. The number of nitrogens with one attached hydrogen (secondary N) is 1. The third-order valence-corrected chi connectivity index (χ3v) is 5.38. The first kappa shape index (κ1) is 19.9. The molecule has 7 heteroatoms. The van der Waals surface area contributed by atoms with E-state index in [2.05, 4.69) is 4.98 Å². The van der Waals surface area contributed by atoms with Gasteiger partial charge in [0.1, 0.15) is 0 Å². The maximum Gasteiger partial charge on any atom is 0.340 e. The maximum atomic E-state index is 12.2. The number of hydrogen-bond acceptors (Lipinski definition) is 6. The van der Waals surface area contributed by atoms with Crippen LogP contribution in [0, 0.1) is 13.8 Å². The third-order valence-electron chi connectivity index (χ3n) is 4.53. The van der Waals surface area contributed by atoms with Crippen molar-refractivity contribution in [3.8, 4) is 22.9 Å². The van der Waals surface area contributed by atoms with E-state index in [0.29, 0.717) is 30.1 Å². The molecule has 0 saturated carbocycles. The van der Waals surface area contributed by atoms with Gasteiger partial charge in [0.2, 0.25) is 0 Å². The van der Waals surface area contributed by atoms with Gasteiger partial charge in [-0.3, -0.25) is 0 Å². The van der Waals surface area contributed by atoms with E-state index in [9.17, 15) is 4.79 Å². The number of rotatable bonds is 7. The molecule has 148 valence electrons. The van der Waals surface area contributed by atoms with Crippen molar-refractivity contribution in [2.24, 2.45) is 0 Å². The fourth-order valence-electron chi connectivity index (χ4n) is 3.19. The van der Waals surface area contributed by atoms with Gasteiger partial charge < -0.3 is 19.2 Å². The smallest absolute Gasteiger partial charge is 0.340 e. The lowest BCUT2D eigenvalue weighted by atomic mass is 10.1. The van der Waals surface area contributed by atoms with Crippen LogP contribution in [0.5, 0.6) is 11.5 Å². The lowest BCUT2D eigenvalue weighted by molar-refractivity contribution is 0.0525. The second-order valence-corrected chi connectivity index (χ2v) is 7.28. The molecule has 2 aromatic heterocycles. The van der Waals surface area contributed by atoms with Gasteiger partial charge in [-0.05, 0) is 44.0 Å². The Morgan fingerprint density at radius 2 is 1.93 bits per heavy atom. The Bertz CT molecular complexity index is 990. The van der Waals surface area contributed by atoms with Gasteiger partial charge in [-0.15, -0.1) is 11.3 Å². The van der Waals surface area contributed by atoms with Gasteiger partial charge in [-0.2, -0.15) is 0 Å². The molecule has 0 aliphatic rings. The molecule has 1 aromatic carbocycles. The van der Waals surface area contributed by atoms with Crippen LogP contribution >= 0.6 is 11.3 Å². The molecule has 1 N–H and O–H groups in total. The van der Waals surface area contributed by atoms with Gasteiger partial charge in [0.25, 0.3) is 0 Å². The summed E-state index contributed by atoms with van der Waals surface area (Å²) in [6.45, 7) is 5.94. The van der Waals surface area contributed by atoms with Crippen molar-refractivity contribution in [2.45, 2.75) is 27.2 Å². The van der Waals surface area contributed by atoms with Crippen LogP contribution in [0.25, 0.3) is 11.4 Å². The molecular formula is C21H24N2O4S. The van der Waals surface area contributed by atoms with Crippen molar-refractivity contribution in [3.63, 3.8) is 0 Å². The molecule has 0 aliphatic carbocycles. The zero-order chi connectivity index (χ0) is 20.3. The van der Waals surface area contributed by atoms with E-state index in [1.807, 2.05) is 37.4 Å². The van der Waals surface area contributed by atoms with Crippen LogP contribution in [0.4, 0.5) is 0 Å². The second kappa shape index (κ2) is 8.48. The number of esters is 1. The molecule has 0 radical (unpaired) electrons. The van der Waals surface area contributed by atoms with Crippen LogP contribution in [0.1, 0.15) is 39.1 Å². The Balaban J connectivity index is 1.85. The standard InChI is InChI=1S/C21H24N2O4S/c1-6-27-21(24)19-12(2)20(22-13(19)3)15-11-28-18(23-15)10-14-7-8-16(25-4)17(9-14)26-5/h7-9,11,22H,6,10H2,1-5H3. The summed E-state index contributed by atoms with van der Waals surface area (Å²) in [6, 6.07) is 5.86. The van der Waals surface area contributed by atoms with Crippen molar-refractivity contribution in [2.75, 3.05) is 20.8 Å². The monoisotopic (exact) mass is 400 g/mol. The van der Waals surface area contributed by atoms with Crippen LogP contribution in [-0.2, 0) is 11.2 Å². The van der Waals surface area contributed by atoms with Crippen molar-refractivity contribution < 1.29 is 19.0 Å². The highest BCUT2D eigenvalue weighted by Gasteiger charge is 2.21. The van der Waals surface area contributed by atoms with Gasteiger partial charge in [0.15, 0.2) is 11.5 Å². The number of nitrogens with zero attached hydrogens (tertiary/aromatic N) is 1. The van der Waals surface area contributed by atoms with E-state index >= 15 is 0 Å². The molecule has 28 heavy (non-hydrogen) atoms. The number of carbonyl (C=O) groups excluding carboxylic acids is 1. The van der Waals surface area contributed by atoms with Crippen LogP contribution in [0.15, 0.2) is 23.6 Å². The number of ether oxygens (including phenoxy) is 3. The van der Waals surface area contributed by atoms with Crippen LogP contribution in [0.2, 0.25) is 0 Å². The largest absolute Gasteiger partial charge is 0.493 e. The van der Waals surface area contributed by atoms with Gasteiger partial charge in [-0.1, -0.05) is 6.07 Å². The molecule has 0 amide bonds. The Morgan fingerprint density at radius 1 is 1.18 bits per heavy atom. The fraction of sp³-hybridized carbons (Fsp3) is 0.333. The average Bonchev–Trinajstić information content (AvgIpc) is 3.25. The van der Waals surface area contributed by atoms with Crippen molar-refractivity contribution in [1.82, 2.24) is 9.97 Å². The number of benzene rings is 1. The Labute approximate surface area is 168 Å². The first-order valence-electron chi connectivity index (χ1n) is 9.00. The number of aromatic amines is 1. The predicted octanol–water partition coefficient (Wildman–Crippen LogP) is 4.54. The molecule has 3 aromatic rings. The van der Waals surface area contributed by atoms with E-state index < -0.39 is 0 Å². The van der Waals surface area contributed by atoms with Crippen molar-refractivity contribution >= 4 is 17.3 Å². The van der Waals surface area contributed by atoms with E-state index in [4.69, 9.17) is 19.2 Å². The molecule has 0 saturated heterocycles. The summed E-state index contributed by atoms with van der Waals surface area (Å²) in [7, 11) is 3.25. The first-order chi connectivity index (χ1) is 13.5. The number of aryl methyl sites for hydroxylation is 1. The van der Waals surface area contributed by atoms with E-state index in [0.717, 1.165) is 33.2 Å². The molecule has 2 heterocycles. The Kier molecular flexibility index (Phi) is 6.04. The minimum atomic E-state index is -0.305. The second-order valence-electron chi connectivity index (χ2n) is 6.34. The number of H-pyrrole nitrogens is 1. The normalized spacial score (nSPS) is 10.8. The minimum Gasteiger partial charge on any atom is -0.493 e. The molecule has 3 rings (SSSR count). The SMILES string of the molecule is CCOC(=O)c1c(C)[nH]c(-c2csc(Cc3ccc(OC)c(OC)c3)n2)c1C. The zero-order valence-corrected chi connectivity index (χ0v) is 17.5. The third kappa shape index (κ3) is 3.89. The molecule has 0 aliphatic heterocycles. The molecule has 0 bridgehead atoms. The number of hydrogen-bond donors (Lipinski definition) is 1. The van der Waals surface area contributed by atoms with E-state index in [1.54, 1.807) is 32.5 Å². The summed E-state index contributed by atoms with van der Waals surface area (Å²) in [5.74, 6) is 1.10. The highest BCUT2D eigenvalue weighted by molar-refractivity contribution is 7.10. The summed E-state index contributed by atoms with van der Waals surface area (Å²) >= 11 is 1.59. The van der Waals surface area contributed by atoms with Gasteiger partial charge in [0.05, 0.1) is 42.8 Å². The van der Waals surface area contributed by atoms with Crippen LogP contribution < -0.4 is 9.47 Å². The summed E-state index contributed by atoms with van der Waals surface area (Å²) in [5.41, 5.74) is 5.02. The number of thiazole rings is 1. The van der Waals surface area contributed by atoms with E-state index in [1.165, 1.54) is 0 Å². The average molecular weight is 401 g/mol. The van der Waals surface area contributed by atoms with Crippen molar-refractivity contribution in [1.29, 1.82) is 0 Å². The lowest BCUT2D eigenvalue weighted by Crippen LogP contribution is -2.06. The predicted molar refractivity (Wildman–Crippen MR) is 110 cm³/mol. The van der Waals surface area contributed by atoms with Crippen LogP contribution in [0.3, 0.4) is 0 Å². The molecule has 0 spiro atoms. The molecule has 6 nitrogen and oxygen atoms in total. The summed E-state index contributed by atoms with van der Waals surface area (Å²) < 4.78 is 15.8. The van der Waals surface area contributed by atoms with E-state index in [-0.39, 0.29) is 5.97 Å². The molecular weight excluding hydrogens is 376 g/mol. The quantitative estimate of drug-likeness (QED) is 0.590. The molecule has 0 unspecified atom stereocenters. The minimum absolute atomic E-state index is 0.305. The Hall–Kier alpha value is -2.80. The van der Waals surface area contributed by atoms with Crippen molar-refractivity contribution in [3.05, 3.63) is 51.0 Å². The van der Waals surface area contributed by atoms with Gasteiger partial charge >= 0.3 is 5.97 Å². The van der Waals surface area contributed by atoms with Crippen LogP contribution in [-0.4, -0.2) is 36.8 Å². The summed E-state index contributed by atoms with van der Waals surface area (Å²) in [5, 5.41) is 2.98. The maximum absolute atomic E-state index is 12.2. The number of methoxy groups -OCH3 is 2. The molecule has 0 atom stereocenters. The fourth-order valence-corrected chi connectivity index (χ4v) is 4.01.